The van der Waals surface area contributed by atoms with Gasteiger partial charge in [-0.3, -0.25) is 0 Å². The monoisotopic (exact) mass is 436 g/mol. The molecule has 0 N–H and O–H groups in total. The van der Waals surface area contributed by atoms with Gasteiger partial charge in [0.1, 0.15) is 5.75 Å². The highest BCUT2D eigenvalue weighted by Crippen LogP contribution is 2.48. The van der Waals surface area contributed by atoms with Crippen LogP contribution in [0.5, 0.6) is 17.2 Å². The predicted molar refractivity (Wildman–Crippen MR) is 129 cm³/mol. The SMILES string of the molecule is COc1ccc(C2Oc3ccccc3C3CC(c4ccc5ccccc5c4)=NN32)cc1OC. The summed E-state index contributed by atoms with van der Waals surface area (Å²) in [6, 6.07) is 29.2. The molecule has 4 aromatic rings. The number of methoxy groups -OCH3 is 2. The summed E-state index contributed by atoms with van der Waals surface area (Å²) >= 11 is 0. The van der Waals surface area contributed by atoms with Crippen LogP contribution >= 0.6 is 0 Å². The fraction of sp³-hybridized carbons (Fsp3) is 0.179. The van der Waals surface area contributed by atoms with Gasteiger partial charge in [0.2, 0.25) is 6.23 Å². The molecule has 0 saturated carbocycles. The van der Waals surface area contributed by atoms with E-state index in [1.54, 1.807) is 14.2 Å². The molecular weight excluding hydrogens is 412 g/mol. The van der Waals surface area contributed by atoms with E-state index >= 15 is 0 Å². The number of nitrogens with zero attached hydrogens (tertiary/aromatic N) is 2. The molecule has 2 aliphatic heterocycles. The van der Waals surface area contributed by atoms with E-state index in [1.807, 2.05) is 30.3 Å². The second-order valence-electron chi connectivity index (χ2n) is 8.33. The molecule has 5 heteroatoms. The molecule has 0 aliphatic carbocycles. The van der Waals surface area contributed by atoms with Gasteiger partial charge < -0.3 is 14.2 Å². The number of hydrazone groups is 1. The molecular formula is C28H24N2O3. The Balaban J connectivity index is 1.44. The van der Waals surface area contributed by atoms with Gasteiger partial charge in [-0.25, -0.2) is 5.01 Å². The fourth-order valence-electron chi connectivity index (χ4n) is 4.80. The molecule has 2 aliphatic rings. The maximum atomic E-state index is 6.48. The van der Waals surface area contributed by atoms with Crippen LogP contribution in [-0.2, 0) is 0 Å². The lowest BCUT2D eigenvalue weighted by Gasteiger charge is -2.38. The van der Waals surface area contributed by atoms with Gasteiger partial charge in [0.25, 0.3) is 0 Å². The maximum absolute atomic E-state index is 6.48. The molecule has 2 heterocycles. The predicted octanol–water partition coefficient (Wildman–Crippen LogP) is 6.10. The number of para-hydroxylation sites is 1. The Bertz CT molecular complexity index is 1380. The zero-order valence-corrected chi connectivity index (χ0v) is 18.6. The molecule has 0 fully saturated rings. The van der Waals surface area contributed by atoms with Crippen LogP contribution in [0.2, 0.25) is 0 Å². The van der Waals surface area contributed by atoms with Crippen molar-refractivity contribution in [2.24, 2.45) is 5.10 Å². The van der Waals surface area contributed by atoms with E-state index in [4.69, 9.17) is 19.3 Å². The molecule has 0 bridgehead atoms. The minimum atomic E-state index is -0.359. The Morgan fingerprint density at radius 3 is 2.45 bits per heavy atom. The summed E-state index contributed by atoms with van der Waals surface area (Å²) in [7, 11) is 3.29. The smallest absolute Gasteiger partial charge is 0.214 e. The standard InChI is InChI=1S/C28H24N2O3/c1-31-26-14-13-21(16-27(26)32-2)28-30-24(22-9-5-6-10-25(22)33-28)17-23(29-30)20-12-11-18-7-3-4-8-19(18)15-20/h3-16,24,28H,17H2,1-2H3. The summed E-state index contributed by atoms with van der Waals surface area (Å²) in [6.45, 7) is 0. The van der Waals surface area contributed by atoms with Crippen LogP contribution in [0.3, 0.4) is 0 Å². The van der Waals surface area contributed by atoms with Crippen molar-refractivity contribution < 1.29 is 14.2 Å². The molecule has 4 aromatic carbocycles. The number of rotatable bonds is 4. The number of hydrogen-bond acceptors (Lipinski definition) is 5. The van der Waals surface area contributed by atoms with E-state index in [2.05, 4.69) is 59.6 Å². The van der Waals surface area contributed by atoms with E-state index < -0.39 is 0 Å². The summed E-state index contributed by atoms with van der Waals surface area (Å²) in [4.78, 5) is 0. The average molecular weight is 437 g/mol. The largest absolute Gasteiger partial charge is 0.493 e. The van der Waals surface area contributed by atoms with Crippen LogP contribution in [0, 0.1) is 0 Å². The van der Waals surface area contributed by atoms with E-state index in [9.17, 15) is 0 Å². The van der Waals surface area contributed by atoms with Crippen molar-refractivity contribution in [3.63, 3.8) is 0 Å². The second kappa shape index (κ2) is 7.85. The van der Waals surface area contributed by atoms with Crippen LogP contribution in [-0.4, -0.2) is 24.9 Å². The third-order valence-electron chi connectivity index (χ3n) is 6.47. The topological polar surface area (TPSA) is 43.3 Å². The summed E-state index contributed by atoms with van der Waals surface area (Å²) in [6.07, 6.45) is 0.463. The first-order valence-corrected chi connectivity index (χ1v) is 11.1. The van der Waals surface area contributed by atoms with Crippen molar-refractivity contribution in [2.45, 2.75) is 18.7 Å². The highest BCUT2D eigenvalue weighted by atomic mass is 16.5. The number of fused-ring (bicyclic) bond motifs is 4. The minimum absolute atomic E-state index is 0.106. The lowest BCUT2D eigenvalue weighted by molar-refractivity contribution is -0.0191. The molecule has 6 rings (SSSR count). The van der Waals surface area contributed by atoms with Crippen molar-refractivity contribution in [3.8, 4) is 17.2 Å². The Labute approximate surface area is 192 Å². The molecule has 164 valence electrons. The molecule has 0 aromatic heterocycles. The second-order valence-corrected chi connectivity index (χ2v) is 8.33. The lowest BCUT2D eigenvalue weighted by atomic mass is 9.95. The quantitative estimate of drug-likeness (QED) is 0.388. The van der Waals surface area contributed by atoms with Gasteiger partial charge >= 0.3 is 0 Å². The summed E-state index contributed by atoms with van der Waals surface area (Å²) in [5, 5.41) is 9.64. The van der Waals surface area contributed by atoms with Gasteiger partial charge in [0.15, 0.2) is 11.5 Å². The normalized spacial score (nSPS) is 18.8. The summed E-state index contributed by atoms with van der Waals surface area (Å²) in [5.41, 5.74) is 4.34. The molecule has 5 nitrogen and oxygen atoms in total. The average Bonchev–Trinajstić information content (AvgIpc) is 3.33. The first kappa shape index (κ1) is 19.7. The lowest BCUT2D eigenvalue weighted by Crippen LogP contribution is -2.33. The maximum Gasteiger partial charge on any atom is 0.214 e. The molecule has 2 unspecified atom stereocenters. The molecule has 0 amide bonds. The summed E-state index contributed by atoms with van der Waals surface area (Å²) < 4.78 is 17.5. The van der Waals surface area contributed by atoms with Crippen LogP contribution in [0.25, 0.3) is 10.8 Å². The van der Waals surface area contributed by atoms with Gasteiger partial charge in [-0.05, 0) is 46.7 Å². The zero-order chi connectivity index (χ0) is 22.4. The van der Waals surface area contributed by atoms with Crippen molar-refractivity contribution >= 4 is 16.5 Å². The Hall–Kier alpha value is -3.99. The first-order valence-electron chi connectivity index (χ1n) is 11.1. The van der Waals surface area contributed by atoms with Crippen LogP contribution in [0.1, 0.15) is 35.4 Å². The Morgan fingerprint density at radius 1 is 0.818 bits per heavy atom. The van der Waals surface area contributed by atoms with Gasteiger partial charge in [0, 0.05) is 17.5 Å². The van der Waals surface area contributed by atoms with E-state index in [-0.39, 0.29) is 12.3 Å². The highest BCUT2D eigenvalue weighted by Gasteiger charge is 2.41. The third-order valence-corrected chi connectivity index (χ3v) is 6.47. The van der Waals surface area contributed by atoms with E-state index in [0.717, 1.165) is 34.6 Å². The number of benzene rings is 4. The highest BCUT2D eigenvalue weighted by molar-refractivity contribution is 6.04. The Morgan fingerprint density at radius 2 is 1.61 bits per heavy atom. The van der Waals surface area contributed by atoms with Crippen LogP contribution < -0.4 is 14.2 Å². The first-order chi connectivity index (χ1) is 16.2. The van der Waals surface area contributed by atoms with Gasteiger partial charge in [0.05, 0.1) is 26.0 Å². The zero-order valence-electron chi connectivity index (χ0n) is 18.6. The van der Waals surface area contributed by atoms with Crippen molar-refractivity contribution in [1.82, 2.24) is 5.01 Å². The Kier molecular flexibility index (Phi) is 4.68. The van der Waals surface area contributed by atoms with Gasteiger partial charge in [-0.15, -0.1) is 0 Å². The van der Waals surface area contributed by atoms with Crippen molar-refractivity contribution in [3.05, 3.63) is 102 Å². The van der Waals surface area contributed by atoms with E-state index in [0.29, 0.717) is 11.5 Å². The minimum Gasteiger partial charge on any atom is -0.493 e. The molecule has 0 saturated heterocycles. The molecule has 0 radical (unpaired) electrons. The van der Waals surface area contributed by atoms with E-state index in [1.165, 1.54) is 10.8 Å². The van der Waals surface area contributed by atoms with Crippen LogP contribution in [0.4, 0.5) is 0 Å². The van der Waals surface area contributed by atoms with Gasteiger partial charge in [-0.2, -0.15) is 5.10 Å². The molecule has 2 atom stereocenters. The summed E-state index contributed by atoms with van der Waals surface area (Å²) in [5.74, 6) is 2.26. The van der Waals surface area contributed by atoms with Crippen LogP contribution in [0.15, 0.2) is 90.0 Å². The molecule has 0 spiro atoms. The third kappa shape index (κ3) is 3.28. The van der Waals surface area contributed by atoms with Crippen molar-refractivity contribution in [2.75, 3.05) is 14.2 Å². The molecule has 33 heavy (non-hydrogen) atoms. The number of hydrogen-bond donors (Lipinski definition) is 0. The fourth-order valence-corrected chi connectivity index (χ4v) is 4.80. The van der Waals surface area contributed by atoms with Crippen molar-refractivity contribution in [1.29, 1.82) is 0 Å². The number of ether oxygens (including phenoxy) is 3. The van der Waals surface area contributed by atoms with Gasteiger partial charge in [-0.1, -0.05) is 54.6 Å².